The van der Waals surface area contributed by atoms with Crippen LogP contribution >= 0.6 is 0 Å². The Labute approximate surface area is 194 Å². The number of amides is 1. The average Bonchev–Trinajstić information content (AvgIpc) is 2.84. The van der Waals surface area contributed by atoms with Crippen molar-refractivity contribution in [3.63, 3.8) is 0 Å². The lowest BCUT2D eigenvalue weighted by molar-refractivity contribution is -0.116. The van der Waals surface area contributed by atoms with E-state index in [1.807, 2.05) is 6.07 Å². The highest BCUT2D eigenvalue weighted by molar-refractivity contribution is 7.93. The van der Waals surface area contributed by atoms with Crippen molar-refractivity contribution in [2.75, 3.05) is 23.3 Å². The number of methoxy groups -OCH3 is 1. The molecular weight excluding hydrogens is 440 g/mol. The first-order valence-electron chi connectivity index (χ1n) is 10.5. The molecule has 172 valence electrons. The number of nitrogens with zero attached hydrogens (tertiary/aromatic N) is 1. The lowest BCUT2D eigenvalue weighted by atomic mass is 10.1. The molecule has 3 aromatic rings. The second-order valence-electron chi connectivity index (χ2n) is 7.20. The summed E-state index contributed by atoms with van der Waals surface area (Å²) in [5, 5.41) is 2.66. The quantitative estimate of drug-likeness (QED) is 0.444. The van der Waals surface area contributed by atoms with Crippen molar-refractivity contribution in [3.05, 3.63) is 84.4 Å². The minimum absolute atomic E-state index is 0.00181. The SMILES string of the molecule is CCN(c1ccccc1)S(=O)(=O)c1ccccc1NC(=O)CCC(=O)c1ccc(OC)cc1. The maximum absolute atomic E-state index is 13.4. The Balaban J connectivity index is 1.73. The van der Waals surface area contributed by atoms with E-state index in [2.05, 4.69) is 5.32 Å². The van der Waals surface area contributed by atoms with Crippen LogP contribution in [0.1, 0.15) is 30.1 Å². The number of anilines is 2. The van der Waals surface area contributed by atoms with Gasteiger partial charge in [-0.25, -0.2) is 8.42 Å². The van der Waals surface area contributed by atoms with E-state index >= 15 is 0 Å². The molecule has 8 heteroatoms. The van der Waals surface area contributed by atoms with Gasteiger partial charge in [0.05, 0.1) is 18.5 Å². The Kier molecular flexibility index (Phi) is 7.84. The summed E-state index contributed by atoms with van der Waals surface area (Å²) in [6, 6.07) is 21.7. The summed E-state index contributed by atoms with van der Waals surface area (Å²) in [6.45, 7) is 1.97. The normalized spacial score (nSPS) is 11.0. The summed E-state index contributed by atoms with van der Waals surface area (Å²) >= 11 is 0. The number of hydrogen-bond acceptors (Lipinski definition) is 5. The molecule has 0 heterocycles. The topological polar surface area (TPSA) is 92.8 Å². The second kappa shape index (κ2) is 10.8. The summed E-state index contributed by atoms with van der Waals surface area (Å²) in [7, 11) is -2.38. The smallest absolute Gasteiger partial charge is 0.266 e. The number of Topliss-reactive ketones (excluding diaryl/α,β-unsaturated/α-hetero) is 1. The number of hydrogen-bond donors (Lipinski definition) is 1. The van der Waals surface area contributed by atoms with Gasteiger partial charge in [-0.05, 0) is 55.5 Å². The van der Waals surface area contributed by atoms with E-state index in [-0.39, 0.29) is 35.8 Å². The van der Waals surface area contributed by atoms with E-state index < -0.39 is 15.9 Å². The number of carbonyl (C=O) groups excluding carboxylic acids is 2. The highest BCUT2D eigenvalue weighted by atomic mass is 32.2. The molecule has 1 amide bonds. The number of sulfonamides is 1. The largest absolute Gasteiger partial charge is 0.497 e. The van der Waals surface area contributed by atoms with E-state index in [4.69, 9.17) is 4.74 Å². The van der Waals surface area contributed by atoms with Gasteiger partial charge in [0.2, 0.25) is 5.91 Å². The zero-order chi connectivity index (χ0) is 23.8. The predicted octanol–water partition coefficient (Wildman–Crippen LogP) is 4.51. The molecule has 3 rings (SSSR count). The minimum Gasteiger partial charge on any atom is -0.497 e. The van der Waals surface area contributed by atoms with Gasteiger partial charge in [-0.2, -0.15) is 0 Å². The molecule has 0 spiro atoms. The summed E-state index contributed by atoms with van der Waals surface area (Å²) in [5.74, 6) is 0.0101. The van der Waals surface area contributed by atoms with Crippen LogP contribution in [0.4, 0.5) is 11.4 Å². The van der Waals surface area contributed by atoms with Crippen LogP contribution in [0, 0.1) is 0 Å². The van der Waals surface area contributed by atoms with E-state index in [0.29, 0.717) is 17.0 Å². The zero-order valence-electron chi connectivity index (χ0n) is 18.5. The molecule has 0 saturated heterocycles. The van der Waals surface area contributed by atoms with Gasteiger partial charge in [0.25, 0.3) is 10.0 Å². The Morgan fingerprint density at radius 3 is 2.15 bits per heavy atom. The fourth-order valence-electron chi connectivity index (χ4n) is 3.36. The number of nitrogens with one attached hydrogen (secondary N) is 1. The third-order valence-corrected chi connectivity index (χ3v) is 7.01. The molecule has 0 atom stereocenters. The number of benzene rings is 3. The van der Waals surface area contributed by atoms with E-state index in [0.717, 1.165) is 0 Å². The first-order valence-corrected chi connectivity index (χ1v) is 11.9. The third-order valence-electron chi connectivity index (χ3n) is 5.05. The molecule has 0 aliphatic carbocycles. The van der Waals surface area contributed by atoms with Crippen LogP contribution in [0.15, 0.2) is 83.8 Å². The van der Waals surface area contributed by atoms with Crippen molar-refractivity contribution in [1.82, 2.24) is 0 Å². The first-order chi connectivity index (χ1) is 15.9. The molecule has 3 aromatic carbocycles. The number of ether oxygens (including phenoxy) is 1. The van der Waals surface area contributed by atoms with Crippen LogP contribution in [0.25, 0.3) is 0 Å². The van der Waals surface area contributed by atoms with Gasteiger partial charge in [-0.3, -0.25) is 13.9 Å². The van der Waals surface area contributed by atoms with Gasteiger partial charge >= 0.3 is 0 Å². The fourth-order valence-corrected chi connectivity index (χ4v) is 4.98. The lowest BCUT2D eigenvalue weighted by Gasteiger charge is -2.24. The number of ketones is 1. The predicted molar refractivity (Wildman–Crippen MR) is 128 cm³/mol. The van der Waals surface area contributed by atoms with Crippen LogP contribution in [-0.4, -0.2) is 33.8 Å². The van der Waals surface area contributed by atoms with Crippen molar-refractivity contribution >= 4 is 33.1 Å². The molecule has 0 radical (unpaired) electrons. The Morgan fingerprint density at radius 1 is 0.879 bits per heavy atom. The number of carbonyl (C=O) groups is 2. The first kappa shape index (κ1) is 24.0. The molecule has 0 saturated carbocycles. The second-order valence-corrected chi connectivity index (χ2v) is 9.03. The Hall–Kier alpha value is -3.65. The van der Waals surface area contributed by atoms with Gasteiger partial charge < -0.3 is 10.1 Å². The van der Waals surface area contributed by atoms with Gasteiger partial charge in [0, 0.05) is 24.9 Å². The summed E-state index contributed by atoms with van der Waals surface area (Å²) < 4.78 is 33.1. The van der Waals surface area contributed by atoms with Crippen LogP contribution in [-0.2, 0) is 14.8 Å². The average molecular weight is 467 g/mol. The highest BCUT2D eigenvalue weighted by Gasteiger charge is 2.26. The molecule has 1 N–H and O–H groups in total. The summed E-state index contributed by atoms with van der Waals surface area (Å²) in [5.41, 5.74) is 1.19. The zero-order valence-corrected chi connectivity index (χ0v) is 19.3. The maximum atomic E-state index is 13.4. The summed E-state index contributed by atoms with van der Waals surface area (Å²) in [4.78, 5) is 24.9. The molecule has 0 aromatic heterocycles. The lowest BCUT2D eigenvalue weighted by Crippen LogP contribution is -2.31. The van der Waals surface area contributed by atoms with Crippen LogP contribution < -0.4 is 14.4 Å². The monoisotopic (exact) mass is 466 g/mol. The number of para-hydroxylation sites is 2. The molecule has 0 bridgehead atoms. The van der Waals surface area contributed by atoms with Crippen molar-refractivity contribution in [1.29, 1.82) is 0 Å². The van der Waals surface area contributed by atoms with Crippen LogP contribution in [0.2, 0.25) is 0 Å². The van der Waals surface area contributed by atoms with Crippen molar-refractivity contribution in [2.45, 2.75) is 24.7 Å². The standard InChI is InChI=1S/C25H26N2O5S/c1-3-27(20-9-5-4-6-10-20)33(30,31)24-12-8-7-11-22(24)26-25(29)18-17-23(28)19-13-15-21(32-2)16-14-19/h4-16H,3,17-18H2,1-2H3,(H,26,29). The Bertz CT molecular complexity index is 1210. The van der Waals surface area contributed by atoms with Crippen LogP contribution in [0.3, 0.4) is 0 Å². The third kappa shape index (κ3) is 5.78. The number of rotatable bonds is 10. The molecule has 0 unspecified atom stereocenters. The molecule has 0 fully saturated rings. The molecule has 33 heavy (non-hydrogen) atoms. The van der Waals surface area contributed by atoms with E-state index in [1.165, 1.54) is 16.4 Å². The highest BCUT2D eigenvalue weighted by Crippen LogP contribution is 2.28. The molecule has 0 aliphatic rings. The van der Waals surface area contributed by atoms with Gasteiger partial charge in [0.15, 0.2) is 5.78 Å². The molecule has 0 aliphatic heterocycles. The fraction of sp³-hybridized carbons (Fsp3) is 0.200. The van der Waals surface area contributed by atoms with Gasteiger partial charge in [-0.1, -0.05) is 30.3 Å². The van der Waals surface area contributed by atoms with Crippen molar-refractivity contribution in [3.8, 4) is 5.75 Å². The van der Waals surface area contributed by atoms with Gasteiger partial charge in [-0.15, -0.1) is 0 Å². The molecular formula is C25H26N2O5S. The van der Waals surface area contributed by atoms with E-state index in [1.54, 1.807) is 74.7 Å². The Morgan fingerprint density at radius 2 is 1.52 bits per heavy atom. The van der Waals surface area contributed by atoms with Crippen molar-refractivity contribution < 1.29 is 22.7 Å². The van der Waals surface area contributed by atoms with Gasteiger partial charge in [0.1, 0.15) is 10.6 Å². The van der Waals surface area contributed by atoms with Crippen LogP contribution in [0.5, 0.6) is 5.75 Å². The summed E-state index contributed by atoms with van der Waals surface area (Å²) in [6.07, 6.45) is -0.0758. The minimum atomic E-state index is -3.92. The molecule has 7 nitrogen and oxygen atoms in total. The van der Waals surface area contributed by atoms with Crippen molar-refractivity contribution in [2.24, 2.45) is 0 Å². The van der Waals surface area contributed by atoms with E-state index in [9.17, 15) is 18.0 Å². The maximum Gasteiger partial charge on any atom is 0.266 e.